The Hall–Kier alpha value is -1.85. The summed E-state index contributed by atoms with van der Waals surface area (Å²) in [6.45, 7) is 5.14. The molecule has 0 radical (unpaired) electrons. The van der Waals surface area contributed by atoms with Crippen molar-refractivity contribution < 1.29 is 14.6 Å². The molecule has 1 atom stereocenters. The zero-order chi connectivity index (χ0) is 14.8. The first-order valence-corrected chi connectivity index (χ1v) is 6.79. The highest BCUT2D eigenvalue weighted by molar-refractivity contribution is 5.74. The highest BCUT2D eigenvalue weighted by atomic mass is 16.5. The standard InChI is InChI=1S/C14H21N3O3/c1-14(2,13(18)19)10-5-4-6-17(9-10)11-7-15-8-12(16-11)20-3/h7-8,10H,4-6,9H2,1-3H3,(H,18,19). The van der Waals surface area contributed by atoms with Crippen molar-refractivity contribution in [3.8, 4) is 5.88 Å². The van der Waals surface area contributed by atoms with Crippen molar-refractivity contribution in [1.29, 1.82) is 0 Å². The molecule has 0 saturated carbocycles. The minimum Gasteiger partial charge on any atom is -0.481 e. The summed E-state index contributed by atoms with van der Waals surface area (Å²) in [5.41, 5.74) is -0.731. The first kappa shape index (κ1) is 14.6. The maximum absolute atomic E-state index is 11.4. The SMILES string of the molecule is COc1cncc(N2CCCC(C(C)(C)C(=O)O)C2)n1. The molecule has 0 aromatic carbocycles. The van der Waals surface area contributed by atoms with Crippen molar-refractivity contribution >= 4 is 11.8 Å². The predicted molar refractivity (Wildman–Crippen MR) is 74.9 cm³/mol. The first-order chi connectivity index (χ1) is 9.45. The molecule has 1 aliphatic rings. The molecular weight excluding hydrogens is 258 g/mol. The van der Waals surface area contributed by atoms with E-state index in [4.69, 9.17) is 4.74 Å². The maximum atomic E-state index is 11.4. The topological polar surface area (TPSA) is 75.5 Å². The van der Waals surface area contributed by atoms with Gasteiger partial charge in [-0.15, -0.1) is 0 Å². The van der Waals surface area contributed by atoms with Crippen LogP contribution in [0.1, 0.15) is 26.7 Å². The number of hydrogen-bond donors (Lipinski definition) is 1. The number of carboxylic acid groups (broad SMARTS) is 1. The average molecular weight is 279 g/mol. The molecule has 1 saturated heterocycles. The fraction of sp³-hybridized carbons (Fsp3) is 0.643. The summed E-state index contributed by atoms with van der Waals surface area (Å²) in [5.74, 6) is 0.570. The van der Waals surface area contributed by atoms with Crippen LogP contribution in [0.2, 0.25) is 0 Å². The van der Waals surface area contributed by atoms with Gasteiger partial charge in [0.1, 0.15) is 0 Å². The summed E-state index contributed by atoms with van der Waals surface area (Å²) in [6, 6.07) is 0. The second-order valence-corrected chi connectivity index (χ2v) is 5.73. The van der Waals surface area contributed by atoms with Gasteiger partial charge in [-0.05, 0) is 32.6 Å². The van der Waals surface area contributed by atoms with Crippen LogP contribution >= 0.6 is 0 Å². The van der Waals surface area contributed by atoms with Crippen LogP contribution in [0.3, 0.4) is 0 Å². The van der Waals surface area contributed by atoms with Crippen LogP contribution in [-0.2, 0) is 4.79 Å². The second kappa shape index (κ2) is 5.64. The summed E-state index contributed by atoms with van der Waals surface area (Å²) in [4.78, 5) is 22.0. The lowest BCUT2D eigenvalue weighted by Gasteiger charge is -2.39. The molecule has 1 unspecified atom stereocenters. The number of ether oxygens (including phenoxy) is 1. The smallest absolute Gasteiger partial charge is 0.309 e. The van der Waals surface area contributed by atoms with E-state index >= 15 is 0 Å². The number of hydrogen-bond acceptors (Lipinski definition) is 5. The number of carbonyl (C=O) groups is 1. The third kappa shape index (κ3) is 2.84. The van der Waals surface area contributed by atoms with E-state index in [-0.39, 0.29) is 5.92 Å². The number of aliphatic carboxylic acids is 1. The van der Waals surface area contributed by atoms with Crippen LogP contribution < -0.4 is 9.64 Å². The van der Waals surface area contributed by atoms with Gasteiger partial charge in [-0.1, -0.05) is 0 Å². The van der Waals surface area contributed by atoms with E-state index in [1.54, 1.807) is 33.4 Å². The van der Waals surface area contributed by atoms with Gasteiger partial charge in [0.15, 0.2) is 5.82 Å². The van der Waals surface area contributed by atoms with Crippen molar-refractivity contribution in [2.24, 2.45) is 11.3 Å². The Morgan fingerprint density at radius 3 is 2.90 bits per heavy atom. The fourth-order valence-electron chi connectivity index (χ4n) is 2.54. The van der Waals surface area contributed by atoms with Crippen molar-refractivity contribution in [3.05, 3.63) is 12.4 Å². The fourth-order valence-corrected chi connectivity index (χ4v) is 2.54. The Morgan fingerprint density at radius 2 is 2.25 bits per heavy atom. The minimum atomic E-state index is -0.749. The monoisotopic (exact) mass is 279 g/mol. The van der Waals surface area contributed by atoms with Gasteiger partial charge in [-0.2, -0.15) is 4.98 Å². The van der Waals surface area contributed by atoms with Gasteiger partial charge in [0.25, 0.3) is 0 Å². The molecule has 6 nitrogen and oxygen atoms in total. The molecule has 2 rings (SSSR count). The van der Waals surface area contributed by atoms with Crippen LogP contribution in [0.4, 0.5) is 5.82 Å². The van der Waals surface area contributed by atoms with Crippen molar-refractivity contribution in [3.63, 3.8) is 0 Å². The number of nitrogens with zero attached hydrogens (tertiary/aromatic N) is 3. The summed E-state index contributed by atoms with van der Waals surface area (Å²) < 4.78 is 5.08. The van der Waals surface area contributed by atoms with Gasteiger partial charge in [0.2, 0.25) is 5.88 Å². The molecule has 1 fully saturated rings. The lowest BCUT2D eigenvalue weighted by Crippen LogP contribution is -2.45. The Kier molecular flexibility index (Phi) is 4.11. The predicted octanol–water partition coefficient (Wildman–Crippen LogP) is 1.81. The van der Waals surface area contributed by atoms with E-state index in [1.807, 2.05) is 0 Å². The number of methoxy groups -OCH3 is 1. The van der Waals surface area contributed by atoms with Gasteiger partial charge in [-0.25, -0.2) is 0 Å². The normalized spacial score (nSPS) is 19.8. The first-order valence-electron chi connectivity index (χ1n) is 6.79. The van der Waals surface area contributed by atoms with E-state index in [2.05, 4.69) is 14.9 Å². The highest BCUT2D eigenvalue weighted by Gasteiger charge is 2.39. The van der Waals surface area contributed by atoms with Crippen LogP contribution in [0.5, 0.6) is 5.88 Å². The Labute approximate surface area is 118 Å². The number of carboxylic acids is 1. The van der Waals surface area contributed by atoms with Crippen LogP contribution in [0, 0.1) is 11.3 Å². The molecule has 1 aromatic heterocycles. The lowest BCUT2D eigenvalue weighted by molar-refractivity contribution is -0.150. The van der Waals surface area contributed by atoms with Gasteiger partial charge in [0, 0.05) is 13.1 Å². The Bertz CT molecular complexity index is 490. The van der Waals surface area contributed by atoms with Crippen LogP contribution in [-0.4, -0.2) is 41.2 Å². The number of anilines is 1. The average Bonchev–Trinajstić information content (AvgIpc) is 2.47. The summed E-state index contributed by atoms with van der Waals surface area (Å²) in [5, 5.41) is 9.37. The number of rotatable bonds is 4. The zero-order valence-electron chi connectivity index (χ0n) is 12.2. The van der Waals surface area contributed by atoms with Crippen LogP contribution in [0.15, 0.2) is 12.4 Å². The van der Waals surface area contributed by atoms with Gasteiger partial charge >= 0.3 is 5.97 Å². The molecule has 1 N–H and O–H groups in total. The van der Waals surface area contributed by atoms with E-state index in [9.17, 15) is 9.90 Å². The molecule has 0 bridgehead atoms. The van der Waals surface area contributed by atoms with E-state index < -0.39 is 11.4 Å². The highest BCUT2D eigenvalue weighted by Crippen LogP contribution is 2.35. The summed E-state index contributed by atoms with van der Waals surface area (Å²) in [7, 11) is 1.56. The summed E-state index contributed by atoms with van der Waals surface area (Å²) in [6.07, 6.45) is 5.14. The van der Waals surface area contributed by atoms with Gasteiger partial charge in [-0.3, -0.25) is 9.78 Å². The van der Waals surface area contributed by atoms with E-state index in [1.165, 1.54) is 0 Å². The molecule has 6 heteroatoms. The maximum Gasteiger partial charge on any atom is 0.309 e. The van der Waals surface area contributed by atoms with Crippen molar-refractivity contribution in [2.75, 3.05) is 25.1 Å². The Morgan fingerprint density at radius 1 is 1.50 bits per heavy atom. The summed E-state index contributed by atoms with van der Waals surface area (Å²) >= 11 is 0. The second-order valence-electron chi connectivity index (χ2n) is 5.73. The van der Waals surface area contributed by atoms with Crippen LogP contribution in [0.25, 0.3) is 0 Å². The molecular formula is C14H21N3O3. The molecule has 0 aliphatic carbocycles. The quantitative estimate of drug-likeness (QED) is 0.906. The Balaban J connectivity index is 2.16. The lowest BCUT2D eigenvalue weighted by atomic mass is 9.74. The van der Waals surface area contributed by atoms with Gasteiger partial charge < -0.3 is 14.7 Å². The van der Waals surface area contributed by atoms with Crippen molar-refractivity contribution in [2.45, 2.75) is 26.7 Å². The largest absolute Gasteiger partial charge is 0.481 e. The molecule has 1 aliphatic heterocycles. The molecule has 20 heavy (non-hydrogen) atoms. The van der Waals surface area contributed by atoms with E-state index in [0.717, 1.165) is 25.2 Å². The zero-order valence-corrected chi connectivity index (χ0v) is 12.2. The van der Waals surface area contributed by atoms with Crippen molar-refractivity contribution in [1.82, 2.24) is 9.97 Å². The third-order valence-corrected chi connectivity index (χ3v) is 4.13. The molecule has 0 spiro atoms. The molecule has 0 amide bonds. The molecule has 2 heterocycles. The number of piperidine rings is 1. The number of aromatic nitrogens is 2. The van der Waals surface area contributed by atoms with E-state index in [0.29, 0.717) is 12.4 Å². The molecule has 110 valence electrons. The minimum absolute atomic E-state index is 0.0988. The third-order valence-electron chi connectivity index (χ3n) is 4.13. The molecule has 1 aromatic rings. The van der Waals surface area contributed by atoms with Gasteiger partial charge in [0.05, 0.1) is 24.9 Å².